The lowest BCUT2D eigenvalue weighted by Crippen LogP contribution is -1.99. The number of aromatic nitrogens is 2. The van der Waals surface area contributed by atoms with E-state index in [1.54, 1.807) is 6.08 Å². The van der Waals surface area contributed by atoms with Crippen molar-refractivity contribution < 1.29 is 9.11 Å². The maximum Gasteiger partial charge on any atom is 0.0632 e. The minimum absolute atomic E-state index is 0.399. The second-order valence-electron chi connectivity index (χ2n) is 21.0. The van der Waals surface area contributed by atoms with Crippen LogP contribution in [0.5, 0.6) is 0 Å². The first kappa shape index (κ1) is 69.5. The van der Waals surface area contributed by atoms with Crippen molar-refractivity contribution in [2.24, 2.45) is 15.9 Å². The van der Waals surface area contributed by atoms with Crippen LogP contribution in [-0.2, 0) is 13.1 Å². The third-order valence-electron chi connectivity index (χ3n) is 14.8. The number of hydrogen-bond acceptors (Lipinski definition) is 7. The molecule has 1 atom stereocenters. The van der Waals surface area contributed by atoms with Crippen LogP contribution in [0, 0.1) is 18.3 Å². The van der Waals surface area contributed by atoms with Crippen LogP contribution in [0.3, 0.4) is 0 Å². The van der Waals surface area contributed by atoms with Gasteiger partial charge in [-0.1, -0.05) is 252 Å². The number of nitrogens with zero attached hydrogens (tertiary/aromatic N) is 4. The van der Waals surface area contributed by atoms with Gasteiger partial charge in [0.15, 0.2) is 0 Å². The molecule has 0 spiro atoms. The number of thiol groups is 2. The molecule has 0 fully saturated rings. The number of hydrogen-bond donors (Lipinski definition) is 5. The van der Waals surface area contributed by atoms with Gasteiger partial charge in [-0.3, -0.25) is 9.98 Å². The number of rotatable bonds is 12. The fourth-order valence-corrected chi connectivity index (χ4v) is 10.8. The van der Waals surface area contributed by atoms with E-state index in [4.69, 9.17) is 14.5 Å². The highest BCUT2D eigenvalue weighted by Gasteiger charge is 2.18. The minimum Gasteiger partial charge on any atom is -0.333 e. The van der Waals surface area contributed by atoms with Crippen LogP contribution in [0.1, 0.15) is 62.3 Å². The first-order chi connectivity index (χ1) is 44.3. The fourth-order valence-electron chi connectivity index (χ4n) is 10.8. The number of aryl methyl sites for hydroxylation is 1. The maximum atomic E-state index is 6.69. The van der Waals surface area contributed by atoms with Crippen molar-refractivity contribution in [3.05, 3.63) is 314 Å². The zero-order valence-corrected chi connectivity index (χ0v) is 54.1. The lowest BCUT2D eigenvalue weighted by atomic mass is 9.92. The summed E-state index contributed by atoms with van der Waals surface area (Å²) in [5.74, 6) is 1.05. The molecule has 10 aromatic carbocycles. The second kappa shape index (κ2) is 37.3. The Hall–Kier alpha value is -9.61. The Morgan fingerprint density at radius 1 is 0.478 bits per heavy atom. The van der Waals surface area contributed by atoms with Crippen LogP contribution in [0.15, 0.2) is 302 Å². The van der Waals surface area contributed by atoms with Gasteiger partial charge in [-0.25, -0.2) is 0 Å². The number of benzene rings is 10. The molecule has 0 saturated heterocycles. The van der Waals surface area contributed by atoms with Gasteiger partial charge in [-0.15, -0.1) is 0 Å². The molecule has 2 heterocycles. The Kier molecular flexibility index (Phi) is 28.8. The molecule has 0 bridgehead atoms. The molecule has 456 valence electrons. The normalized spacial score (nSPS) is 11.7. The highest BCUT2D eigenvalue weighted by atomic mass is 32.1. The number of fused-ring (bicyclic) bond motifs is 6. The summed E-state index contributed by atoms with van der Waals surface area (Å²) >= 11 is 5.06. The monoisotopic (exact) mass is 1220 g/mol. The standard InChI is InChI=1S/C56H41N3.C8H9N.C7H8.C7H12.C2H6.CH3N.2H2OS/c1-57-37-38-13-9-16-40(31-38)41-17-10-18-42(32-41)44-20-12-22-48(34-44)59-54-26-8-6-24-50(54)52-36-46(28-30-56(52)59)45-27-29-55-51(35-45)49-23-5-7-25-53(49)58(55)47-21-11-19-43(33-47)39-14-3-2-4-15-39;1-9-7-8-5-3-2-4-6-8;1-7-5-3-2-4-6-7;1-4-5-6-7(2)3;4*1-2/h2-14,16-36,39H,1,15,37H2;2-6H,1,7H2;2-6H,1H3;4-7H,1H2,2-3H3;1-2H3;2H,1H2;2*1-2H/b;;;6-5-;;;;. The van der Waals surface area contributed by atoms with Gasteiger partial charge in [-0.05, 0) is 188 Å². The molecule has 2 aromatic heterocycles. The number of nitrogens with one attached hydrogen (secondary N) is 1. The summed E-state index contributed by atoms with van der Waals surface area (Å²) in [6.07, 6.45) is 15.8. The van der Waals surface area contributed by atoms with Gasteiger partial charge in [-0.2, -0.15) is 0 Å². The van der Waals surface area contributed by atoms with E-state index >= 15 is 0 Å². The quantitative estimate of drug-likeness (QED) is 0.0364. The van der Waals surface area contributed by atoms with E-state index in [-0.39, 0.29) is 0 Å². The molecule has 7 nitrogen and oxygen atoms in total. The average molecular weight is 1220 g/mol. The molecule has 13 rings (SSSR count). The Labute approximate surface area is 544 Å². The summed E-state index contributed by atoms with van der Waals surface area (Å²) in [7, 11) is 0. The smallest absolute Gasteiger partial charge is 0.0632 e. The Balaban J connectivity index is 0.000000345. The number of aliphatic imine (C=N–C) groups is 2. The van der Waals surface area contributed by atoms with Gasteiger partial charge in [0, 0.05) is 38.8 Å². The predicted octanol–water partition coefficient (Wildman–Crippen LogP) is 23.0. The van der Waals surface area contributed by atoms with E-state index in [0.717, 1.165) is 24.2 Å². The topological polar surface area (TPSA) is 98.9 Å². The van der Waals surface area contributed by atoms with Gasteiger partial charge in [0.05, 0.1) is 35.2 Å². The summed E-state index contributed by atoms with van der Waals surface area (Å²) in [4.78, 5) is 7.85. The first-order valence-electron chi connectivity index (χ1n) is 30.1. The molecule has 9 heteroatoms. The molecule has 0 aliphatic heterocycles. The number of allylic oxidation sites excluding steroid dienone is 7. The molecule has 1 unspecified atom stereocenters. The zero-order chi connectivity index (χ0) is 64.6. The molecule has 0 saturated carbocycles. The van der Waals surface area contributed by atoms with E-state index < -0.39 is 0 Å². The van der Waals surface area contributed by atoms with E-state index in [1.165, 1.54) is 99.4 Å². The van der Waals surface area contributed by atoms with Gasteiger partial charge >= 0.3 is 0 Å². The summed E-state index contributed by atoms with van der Waals surface area (Å²) in [6, 6.07) is 87.3. The molecule has 12 aromatic rings. The van der Waals surface area contributed by atoms with Crippen molar-refractivity contribution in [1.29, 1.82) is 5.41 Å². The van der Waals surface area contributed by atoms with Gasteiger partial charge in [0.1, 0.15) is 0 Å². The Morgan fingerprint density at radius 2 is 0.911 bits per heavy atom. The molecular formula is C81H83N5O2S2. The molecule has 0 amide bonds. The third-order valence-corrected chi connectivity index (χ3v) is 14.8. The van der Waals surface area contributed by atoms with Crippen LogP contribution in [0.4, 0.5) is 0 Å². The summed E-state index contributed by atoms with van der Waals surface area (Å²) in [6.45, 7) is 24.8. The van der Waals surface area contributed by atoms with E-state index in [0.29, 0.717) is 18.4 Å². The highest BCUT2D eigenvalue weighted by molar-refractivity contribution is 7.74. The Bertz CT molecular complexity index is 4290. The van der Waals surface area contributed by atoms with Crippen LogP contribution < -0.4 is 0 Å². The van der Waals surface area contributed by atoms with Crippen molar-refractivity contribution in [2.45, 2.75) is 60.0 Å². The number of para-hydroxylation sites is 2. The maximum absolute atomic E-state index is 6.69. The van der Waals surface area contributed by atoms with Crippen molar-refractivity contribution in [3.8, 4) is 44.8 Å². The molecule has 0 radical (unpaired) electrons. The molecule has 90 heavy (non-hydrogen) atoms. The second-order valence-corrected chi connectivity index (χ2v) is 21.0. The van der Waals surface area contributed by atoms with Crippen LogP contribution in [-0.4, -0.2) is 38.4 Å². The lowest BCUT2D eigenvalue weighted by molar-refractivity contribution is 0.678. The van der Waals surface area contributed by atoms with Crippen LogP contribution in [0.25, 0.3) is 88.4 Å². The molecular weight excluding hydrogens is 1140 g/mol. The van der Waals surface area contributed by atoms with E-state index in [2.05, 4.69) is 317 Å². The molecule has 1 aliphatic carbocycles. The Morgan fingerprint density at radius 3 is 1.40 bits per heavy atom. The van der Waals surface area contributed by atoms with E-state index in [1.807, 2.05) is 68.5 Å². The predicted molar refractivity (Wildman–Crippen MR) is 400 cm³/mol. The molecule has 3 N–H and O–H groups in total. The molecule has 1 aliphatic rings. The minimum atomic E-state index is 0.399. The summed E-state index contributed by atoms with van der Waals surface area (Å²) in [5.41, 5.74) is 19.3. The van der Waals surface area contributed by atoms with Gasteiger partial charge in [0.25, 0.3) is 0 Å². The zero-order valence-electron chi connectivity index (χ0n) is 52.3. The SMILES string of the molecule is C=C/C=C\C(C)C.C=N.C=NCc1cccc(-c2cccc(-c3cccc(-n4c5ccccc5c5cc(-c6ccc7c(c6)c6ccccc6n7-c6cccc(C7C=CC=CC7)c6)ccc54)c3)c2)c1.C=NCc1ccccc1.CC.Cc1ccccc1.OS.OS. The summed E-state index contributed by atoms with van der Waals surface area (Å²) < 4.78 is 18.2. The van der Waals surface area contributed by atoms with Crippen molar-refractivity contribution >= 4 is 89.6 Å². The van der Waals surface area contributed by atoms with Crippen LogP contribution in [0.2, 0.25) is 0 Å². The average Bonchev–Trinajstić information content (AvgIpc) is 1.63. The van der Waals surface area contributed by atoms with Crippen molar-refractivity contribution in [3.63, 3.8) is 0 Å². The van der Waals surface area contributed by atoms with Gasteiger partial charge in [0.2, 0.25) is 0 Å². The van der Waals surface area contributed by atoms with Gasteiger partial charge < -0.3 is 23.6 Å². The highest BCUT2D eigenvalue weighted by Crippen LogP contribution is 2.40. The van der Waals surface area contributed by atoms with E-state index in [9.17, 15) is 0 Å². The van der Waals surface area contributed by atoms with Crippen molar-refractivity contribution in [2.75, 3.05) is 0 Å². The fraction of sp³-hybridized carbons (Fsp3) is 0.123. The van der Waals surface area contributed by atoms with Crippen LogP contribution >= 0.6 is 25.8 Å². The lowest BCUT2D eigenvalue weighted by Gasteiger charge is -2.16. The largest absolute Gasteiger partial charge is 0.333 e. The summed E-state index contributed by atoms with van der Waals surface area (Å²) in [5, 5.41) is 10.5. The first-order valence-corrected chi connectivity index (χ1v) is 30.9. The van der Waals surface area contributed by atoms with Crippen molar-refractivity contribution in [1.82, 2.24) is 9.13 Å². The third kappa shape index (κ3) is 18.3.